The predicted molar refractivity (Wildman–Crippen MR) is 102 cm³/mol. The maximum absolute atomic E-state index is 12.7. The zero-order valence-corrected chi connectivity index (χ0v) is 15.9. The summed E-state index contributed by atoms with van der Waals surface area (Å²) in [7, 11) is 0. The molecule has 0 atom stereocenters. The largest absolute Gasteiger partial charge is 0.357 e. The molecule has 0 aromatic heterocycles. The van der Waals surface area contributed by atoms with Crippen LogP contribution in [0.25, 0.3) is 0 Å². The number of hydrogen-bond donors (Lipinski definition) is 2. The van der Waals surface area contributed by atoms with E-state index in [0.29, 0.717) is 30.8 Å². The van der Waals surface area contributed by atoms with Gasteiger partial charge in [0.25, 0.3) is 5.91 Å². The molecular weight excluding hydrogens is 362 g/mol. The van der Waals surface area contributed by atoms with E-state index in [1.807, 2.05) is 6.92 Å². The maximum Gasteiger partial charge on any atom is 0.357 e. The molecule has 0 unspecified atom stereocenters. The standard InChI is InChI=1S/C19H25N5O4/c1-2-5-16(25)20-15-8-6-14(7-9-15)18(27)21-22-13-10-17(26)23-11-3-4-12-24(23)19(22)28/h6-9H,2-5,10-13H2,1H3,(H,20,25)(H,21,27). The summed E-state index contributed by atoms with van der Waals surface area (Å²) in [5.41, 5.74) is 3.56. The Hall–Kier alpha value is -3.10. The Kier molecular flexibility index (Phi) is 6.13. The SMILES string of the molecule is CCCC(=O)Nc1ccc(C(=O)NN2CCC(=O)N3CCCCN3C2=O)cc1. The first-order valence-electron chi connectivity index (χ1n) is 9.60. The molecule has 150 valence electrons. The number of carbonyl (C=O) groups excluding carboxylic acids is 4. The number of anilines is 1. The summed E-state index contributed by atoms with van der Waals surface area (Å²) >= 11 is 0. The lowest BCUT2D eigenvalue weighted by atomic mass is 10.2. The van der Waals surface area contributed by atoms with Crippen molar-refractivity contribution in [3.8, 4) is 0 Å². The number of hydrogen-bond acceptors (Lipinski definition) is 4. The zero-order valence-electron chi connectivity index (χ0n) is 15.9. The van der Waals surface area contributed by atoms with Gasteiger partial charge in [0.15, 0.2) is 0 Å². The first-order chi connectivity index (χ1) is 13.5. The highest BCUT2D eigenvalue weighted by Gasteiger charge is 2.35. The molecule has 2 saturated heterocycles. The monoisotopic (exact) mass is 387 g/mol. The van der Waals surface area contributed by atoms with Crippen molar-refractivity contribution in [3.05, 3.63) is 29.8 Å². The van der Waals surface area contributed by atoms with E-state index in [9.17, 15) is 19.2 Å². The molecule has 1 aromatic rings. The van der Waals surface area contributed by atoms with Crippen molar-refractivity contribution in [2.45, 2.75) is 39.0 Å². The van der Waals surface area contributed by atoms with Gasteiger partial charge in [-0.3, -0.25) is 19.8 Å². The van der Waals surface area contributed by atoms with E-state index in [0.717, 1.165) is 19.3 Å². The molecule has 0 saturated carbocycles. The third kappa shape index (κ3) is 4.41. The van der Waals surface area contributed by atoms with Crippen LogP contribution in [-0.2, 0) is 9.59 Å². The van der Waals surface area contributed by atoms with E-state index in [1.54, 1.807) is 24.3 Å². The molecule has 1 aromatic carbocycles. The average molecular weight is 387 g/mol. The van der Waals surface area contributed by atoms with Gasteiger partial charge in [-0.1, -0.05) is 6.92 Å². The highest BCUT2D eigenvalue weighted by atomic mass is 16.2. The molecule has 2 fully saturated rings. The lowest BCUT2D eigenvalue weighted by Gasteiger charge is -2.38. The van der Waals surface area contributed by atoms with Gasteiger partial charge in [0.1, 0.15) is 0 Å². The van der Waals surface area contributed by atoms with Crippen molar-refractivity contribution in [1.29, 1.82) is 0 Å². The van der Waals surface area contributed by atoms with Crippen LogP contribution in [0.2, 0.25) is 0 Å². The summed E-state index contributed by atoms with van der Waals surface area (Å²) in [4.78, 5) is 49.1. The second-order valence-electron chi connectivity index (χ2n) is 6.85. The van der Waals surface area contributed by atoms with E-state index in [1.165, 1.54) is 15.0 Å². The van der Waals surface area contributed by atoms with Gasteiger partial charge < -0.3 is 5.32 Å². The molecule has 0 bridgehead atoms. The smallest absolute Gasteiger partial charge is 0.326 e. The molecule has 9 nitrogen and oxygen atoms in total. The Bertz CT molecular complexity index is 764. The Morgan fingerprint density at radius 2 is 1.68 bits per heavy atom. The fourth-order valence-corrected chi connectivity index (χ4v) is 3.24. The molecule has 0 spiro atoms. The molecule has 0 radical (unpaired) electrons. The summed E-state index contributed by atoms with van der Waals surface area (Å²) in [5, 5.41) is 6.84. The van der Waals surface area contributed by atoms with Gasteiger partial charge in [-0.05, 0) is 43.5 Å². The molecule has 3 rings (SSSR count). The maximum atomic E-state index is 12.7. The number of rotatable bonds is 5. The van der Waals surface area contributed by atoms with Crippen molar-refractivity contribution in [2.24, 2.45) is 0 Å². The quantitative estimate of drug-likeness (QED) is 0.803. The fourth-order valence-electron chi connectivity index (χ4n) is 3.24. The Balaban J connectivity index is 1.64. The van der Waals surface area contributed by atoms with Crippen molar-refractivity contribution in [1.82, 2.24) is 20.5 Å². The molecule has 0 aliphatic carbocycles. The second kappa shape index (κ2) is 8.73. The minimum absolute atomic E-state index is 0.0781. The highest BCUT2D eigenvalue weighted by Crippen LogP contribution is 2.18. The molecule has 5 amide bonds. The number of fused-ring (bicyclic) bond motifs is 1. The van der Waals surface area contributed by atoms with Crippen LogP contribution in [0, 0.1) is 0 Å². The molecule has 9 heteroatoms. The second-order valence-corrected chi connectivity index (χ2v) is 6.85. The number of amides is 5. The Labute approximate surface area is 163 Å². The summed E-state index contributed by atoms with van der Waals surface area (Å²) < 4.78 is 0. The van der Waals surface area contributed by atoms with Gasteiger partial charge in [0, 0.05) is 37.2 Å². The number of benzene rings is 1. The Morgan fingerprint density at radius 3 is 2.36 bits per heavy atom. The topological polar surface area (TPSA) is 102 Å². The minimum Gasteiger partial charge on any atom is -0.326 e. The summed E-state index contributed by atoms with van der Waals surface area (Å²) in [6.07, 6.45) is 3.04. The minimum atomic E-state index is -0.447. The third-order valence-corrected chi connectivity index (χ3v) is 4.71. The number of carbonyl (C=O) groups is 4. The van der Waals surface area contributed by atoms with E-state index in [2.05, 4.69) is 10.7 Å². The lowest BCUT2D eigenvalue weighted by Crippen LogP contribution is -2.57. The van der Waals surface area contributed by atoms with E-state index in [-0.39, 0.29) is 24.8 Å². The van der Waals surface area contributed by atoms with Gasteiger partial charge in [0.05, 0.1) is 6.54 Å². The fraction of sp³-hybridized carbons (Fsp3) is 0.474. The molecule has 2 aliphatic rings. The highest BCUT2D eigenvalue weighted by molar-refractivity contribution is 5.97. The first-order valence-corrected chi connectivity index (χ1v) is 9.60. The molecular formula is C19H25N5O4. The van der Waals surface area contributed by atoms with Crippen LogP contribution in [0.1, 0.15) is 49.4 Å². The molecule has 28 heavy (non-hydrogen) atoms. The lowest BCUT2D eigenvalue weighted by molar-refractivity contribution is -0.145. The van der Waals surface area contributed by atoms with E-state index < -0.39 is 11.9 Å². The van der Waals surface area contributed by atoms with Gasteiger partial charge >= 0.3 is 6.03 Å². The summed E-state index contributed by atoms with van der Waals surface area (Å²) in [6.45, 7) is 3.04. The van der Waals surface area contributed by atoms with Crippen LogP contribution in [-0.4, -0.2) is 58.4 Å². The normalized spacial score (nSPS) is 17.1. The number of nitrogens with one attached hydrogen (secondary N) is 2. The van der Waals surface area contributed by atoms with Crippen LogP contribution in [0.5, 0.6) is 0 Å². The van der Waals surface area contributed by atoms with Gasteiger partial charge in [-0.2, -0.15) is 0 Å². The number of nitrogens with zero attached hydrogens (tertiary/aromatic N) is 3. The Morgan fingerprint density at radius 1 is 1.00 bits per heavy atom. The van der Waals surface area contributed by atoms with Crippen molar-refractivity contribution < 1.29 is 19.2 Å². The predicted octanol–water partition coefficient (Wildman–Crippen LogP) is 1.74. The molecule has 2 aliphatic heterocycles. The van der Waals surface area contributed by atoms with Gasteiger partial charge in [0.2, 0.25) is 11.8 Å². The van der Waals surface area contributed by atoms with Crippen LogP contribution < -0.4 is 10.7 Å². The number of hydrazine groups is 2. The van der Waals surface area contributed by atoms with Crippen LogP contribution >= 0.6 is 0 Å². The van der Waals surface area contributed by atoms with Gasteiger partial charge in [-0.15, -0.1) is 0 Å². The van der Waals surface area contributed by atoms with Gasteiger partial charge in [-0.25, -0.2) is 19.8 Å². The average Bonchev–Trinajstić information content (AvgIpc) is 2.81. The molecule has 2 heterocycles. The van der Waals surface area contributed by atoms with Crippen molar-refractivity contribution in [3.63, 3.8) is 0 Å². The third-order valence-electron chi connectivity index (χ3n) is 4.71. The van der Waals surface area contributed by atoms with Crippen LogP contribution in [0.4, 0.5) is 10.5 Å². The van der Waals surface area contributed by atoms with E-state index in [4.69, 9.17) is 0 Å². The van der Waals surface area contributed by atoms with Crippen molar-refractivity contribution >= 4 is 29.4 Å². The van der Waals surface area contributed by atoms with E-state index >= 15 is 0 Å². The summed E-state index contributed by atoms with van der Waals surface area (Å²) in [5.74, 6) is -0.639. The van der Waals surface area contributed by atoms with Crippen LogP contribution in [0.15, 0.2) is 24.3 Å². The number of urea groups is 1. The zero-order chi connectivity index (χ0) is 20.1. The van der Waals surface area contributed by atoms with Crippen molar-refractivity contribution in [2.75, 3.05) is 25.0 Å². The molecule has 2 N–H and O–H groups in total. The summed E-state index contributed by atoms with van der Waals surface area (Å²) in [6, 6.07) is 6.04. The van der Waals surface area contributed by atoms with Crippen LogP contribution in [0.3, 0.4) is 0 Å². The first kappa shape index (κ1) is 19.7.